The Balaban J connectivity index is 1.92. The van der Waals surface area contributed by atoms with E-state index in [1.165, 1.54) is 18.2 Å². The van der Waals surface area contributed by atoms with E-state index in [9.17, 15) is 15.2 Å². The van der Waals surface area contributed by atoms with Crippen molar-refractivity contribution in [3.63, 3.8) is 0 Å². The molecule has 0 aromatic heterocycles. The minimum Gasteiger partial charge on any atom is -0.508 e. The molecule has 10 nitrogen and oxygen atoms in total. The van der Waals surface area contributed by atoms with Gasteiger partial charge in [0.2, 0.25) is 0 Å². The third kappa shape index (κ3) is 7.67. The van der Waals surface area contributed by atoms with Crippen molar-refractivity contribution in [2.75, 3.05) is 39.6 Å². The predicted molar refractivity (Wildman–Crippen MR) is 126 cm³/mol. The van der Waals surface area contributed by atoms with Crippen LogP contribution in [0.25, 0.3) is 0 Å². The first kappa shape index (κ1) is 25.4. The van der Waals surface area contributed by atoms with E-state index >= 15 is 0 Å². The van der Waals surface area contributed by atoms with Gasteiger partial charge in [0.1, 0.15) is 30.3 Å². The number of nitrogens with zero attached hydrogens (tertiary/aromatic N) is 3. The number of rotatable bonds is 6. The van der Waals surface area contributed by atoms with Crippen LogP contribution in [0.15, 0.2) is 40.6 Å². The Morgan fingerprint density at radius 1 is 0.882 bits per heavy atom. The summed E-state index contributed by atoms with van der Waals surface area (Å²) in [6, 6.07) is 7.46. The lowest BCUT2D eigenvalue weighted by Crippen LogP contribution is -2.13. The lowest BCUT2D eigenvalue weighted by Gasteiger charge is -2.13. The van der Waals surface area contributed by atoms with Gasteiger partial charge in [0.15, 0.2) is 11.5 Å². The van der Waals surface area contributed by atoms with Crippen LogP contribution in [0.2, 0.25) is 0 Å². The van der Waals surface area contributed by atoms with Gasteiger partial charge in [0, 0.05) is 12.1 Å². The van der Waals surface area contributed by atoms with E-state index in [0.29, 0.717) is 50.0 Å². The van der Waals surface area contributed by atoms with E-state index in [4.69, 9.17) is 18.9 Å². The van der Waals surface area contributed by atoms with Crippen LogP contribution in [0.5, 0.6) is 17.2 Å². The number of nitro benzene ring substituents is 1. The molecule has 0 fully saturated rings. The summed E-state index contributed by atoms with van der Waals surface area (Å²) in [6.45, 7) is 4.02. The van der Waals surface area contributed by atoms with Crippen LogP contribution in [0.1, 0.15) is 38.2 Å². The molecule has 0 saturated heterocycles. The standard InChI is InChI=1S/C24H31N3O7/c1-2-3-4-5-6-18-15-21-24(17-22(18)28)34-14-12-32-10-9-31-11-13-33-23-16-19(27(29)30)7-8-20(23)25-26-21/h7-8,15-17,28H,2-6,9-14H2,1H3. The highest BCUT2D eigenvalue weighted by Crippen LogP contribution is 2.38. The summed E-state index contributed by atoms with van der Waals surface area (Å²) >= 11 is 0. The highest BCUT2D eigenvalue weighted by molar-refractivity contribution is 5.60. The third-order valence-electron chi connectivity index (χ3n) is 5.22. The van der Waals surface area contributed by atoms with Crippen molar-refractivity contribution in [1.29, 1.82) is 0 Å². The molecule has 10 heteroatoms. The van der Waals surface area contributed by atoms with E-state index in [-0.39, 0.29) is 30.4 Å². The lowest BCUT2D eigenvalue weighted by molar-refractivity contribution is -0.384. The second kappa shape index (κ2) is 13.5. The summed E-state index contributed by atoms with van der Waals surface area (Å²) in [5.41, 5.74) is 1.44. The Kier molecular flexibility index (Phi) is 10.1. The molecular formula is C24H31N3O7. The van der Waals surface area contributed by atoms with Gasteiger partial charge in [-0.2, -0.15) is 0 Å². The SMILES string of the molecule is CCCCCCc1cc2c(cc1O)OCCOCCOCCOc1cc([N+](=O)[O-])ccc1N=N2. The van der Waals surface area contributed by atoms with Gasteiger partial charge in [-0.05, 0) is 30.5 Å². The lowest BCUT2D eigenvalue weighted by atomic mass is 10.0. The maximum absolute atomic E-state index is 11.2. The van der Waals surface area contributed by atoms with E-state index < -0.39 is 4.92 Å². The number of phenols is 1. The molecule has 1 heterocycles. The first-order valence-corrected chi connectivity index (χ1v) is 11.6. The summed E-state index contributed by atoms with van der Waals surface area (Å²) in [4.78, 5) is 10.7. The minimum atomic E-state index is -0.496. The first-order chi connectivity index (χ1) is 16.6. The number of benzene rings is 2. The molecule has 0 bridgehead atoms. The molecule has 1 aliphatic heterocycles. The zero-order valence-corrected chi connectivity index (χ0v) is 19.4. The first-order valence-electron chi connectivity index (χ1n) is 11.6. The van der Waals surface area contributed by atoms with Crippen molar-refractivity contribution >= 4 is 17.1 Å². The third-order valence-corrected chi connectivity index (χ3v) is 5.22. The van der Waals surface area contributed by atoms with Gasteiger partial charge in [0.25, 0.3) is 5.69 Å². The van der Waals surface area contributed by atoms with Crippen molar-refractivity contribution < 1.29 is 29.0 Å². The maximum Gasteiger partial charge on any atom is 0.273 e. The second-order valence-electron chi connectivity index (χ2n) is 7.79. The van der Waals surface area contributed by atoms with Crippen LogP contribution in [-0.2, 0) is 15.9 Å². The van der Waals surface area contributed by atoms with Crippen molar-refractivity contribution in [3.8, 4) is 17.2 Å². The number of hydrogen-bond acceptors (Lipinski definition) is 9. The molecule has 0 spiro atoms. The molecule has 0 aliphatic carbocycles. The fourth-order valence-electron chi connectivity index (χ4n) is 3.40. The number of azo groups is 1. The zero-order chi connectivity index (χ0) is 24.2. The highest BCUT2D eigenvalue weighted by atomic mass is 16.6. The Hall–Kier alpha value is -3.24. The average Bonchev–Trinajstić information content (AvgIpc) is 2.82. The molecule has 34 heavy (non-hydrogen) atoms. The average molecular weight is 474 g/mol. The van der Waals surface area contributed by atoms with E-state index in [1.807, 2.05) is 0 Å². The normalized spacial score (nSPS) is 15.0. The number of aryl methyl sites for hydroxylation is 1. The Morgan fingerprint density at radius 3 is 2.21 bits per heavy atom. The van der Waals surface area contributed by atoms with Crippen molar-refractivity contribution in [2.24, 2.45) is 10.2 Å². The molecule has 0 atom stereocenters. The molecule has 1 aliphatic rings. The molecule has 0 saturated carbocycles. The van der Waals surface area contributed by atoms with E-state index in [2.05, 4.69) is 17.2 Å². The van der Waals surface area contributed by atoms with Crippen LogP contribution >= 0.6 is 0 Å². The number of phenolic OH excluding ortho intramolecular Hbond substituents is 1. The monoisotopic (exact) mass is 473 g/mol. The highest BCUT2D eigenvalue weighted by Gasteiger charge is 2.14. The van der Waals surface area contributed by atoms with Gasteiger partial charge in [-0.15, -0.1) is 10.2 Å². The molecule has 1 N–H and O–H groups in total. The number of fused-ring (bicyclic) bond motifs is 2. The molecule has 0 radical (unpaired) electrons. The topological polar surface area (TPSA) is 125 Å². The number of unbranched alkanes of at least 4 members (excludes halogenated alkanes) is 3. The molecule has 2 aromatic rings. The number of nitro groups is 1. The smallest absolute Gasteiger partial charge is 0.273 e. The Labute approximate surface area is 198 Å². The maximum atomic E-state index is 11.2. The fraction of sp³-hybridized carbons (Fsp3) is 0.500. The van der Waals surface area contributed by atoms with Gasteiger partial charge < -0.3 is 24.1 Å². The number of hydrogen-bond donors (Lipinski definition) is 1. The van der Waals surface area contributed by atoms with Crippen molar-refractivity contribution in [3.05, 3.63) is 46.0 Å². The second-order valence-corrected chi connectivity index (χ2v) is 7.79. The quantitative estimate of drug-likeness (QED) is 0.327. The van der Waals surface area contributed by atoms with Crippen LogP contribution < -0.4 is 9.47 Å². The van der Waals surface area contributed by atoms with Crippen LogP contribution in [0.4, 0.5) is 17.1 Å². The van der Waals surface area contributed by atoms with Gasteiger partial charge in [-0.3, -0.25) is 10.1 Å². The zero-order valence-electron chi connectivity index (χ0n) is 19.4. The summed E-state index contributed by atoms with van der Waals surface area (Å²) in [6.07, 6.45) is 5.02. The molecule has 0 unspecified atom stereocenters. The summed E-state index contributed by atoms with van der Waals surface area (Å²) < 4.78 is 22.4. The Bertz CT molecular complexity index is 981. The predicted octanol–water partition coefficient (Wildman–Crippen LogP) is 5.64. The fourth-order valence-corrected chi connectivity index (χ4v) is 3.40. The van der Waals surface area contributed by atoms with Gasteiger partial charge in [-0.25, -0.2) is 0 Å². The largest absolute Gasteiger partial charge is 0.508 e. The summed E-state index contributed by atoms with van der Waals surface area (Å²) in [5, 5.41) is 30.3. The van der Waals surface area contributed by atoms with E-state index in [1.54, 1.807) is 12.1 Å². The van der Waals surface area contributed by atoms with Gasteiger partial charge >= 0.3 is 0 Å². The van der Waals surface area contributed by atoms with Crippen LogP contribution in [0, 0.1) is 10.1 Å². The van der Waals surface area contributed by atoms with E-state index in [0.717, 1.165) is 31.2 Å². The number of non-ortho nitro benzene ring substituents is 1. The number of ether oxygens (including phenoxy) is 4. The van der Waals surface area contributed by atoms with Crippen LogP contribution in [-0.4, -0.2) is 49.7 Å². The Morgan fingerprint density at radius 2 is 1.53 bits per heavy atom. The molecule has 3 rings (SSSR count). The molecule has 184 valence electrons. The number of aromatic hydroxyl groups is 1. The van der Waals surface area contributed by atoms with Gasteiger partial charge in [-0.1, -0.05) is 26.2 Å². The molecule has 2 aromatic carbocycles. The summed E-state index contributed by atoms with van der Waals surface area (Å²) in [5.74, 6) is 0.745. The minimum absolute atomic E-state index is 0.110. The molecular weight excluding hydrogens is 442 g/mol. The van der Waals surface area contributed by atoms with Gasteiger partial charge in [0.05, 0.1) is 37.4 Å². The van der Waals surface area contributed by atoms with Crippen molar-refractivity contribution in [1.82, 2.24) is 0 Å². The molecule has 0 amide bonds. The van der Waals surface area contributed by atoms with Crippen LogP contribution in [0.3, 0.4) is 0 Å². The van der Waals surface area contributed by atoms with Crippen molar-refractivity contribution in [2.45, 2.75) is 39.0 Å². The summed E-state index contributed by atoms with van der Waals surface area (Å²) in [7, 11) is 0.